The molecule has 1 saturated heterocycles. The van der Waals surface area contributed by atoms with Crippen molar-refractivity contribution in [2.24, 2.45) is 0 Å². The lowest BCUT2D eigenvalue weighted by atomic mass is 9.74. The summed E-state index contributed by atoms with van der Waals surface area (Å²) in [6.45, 7) is 1.11. The second kappa shape index (κ2) is 6.10. The summed E-state index contributed by atoms with van der Waals surface area (Å²) in [6, 6.07) is 0. The molecule has 2 aliphatic heterocycles. The molecule has 0 aromatic carbocycles. The van der Waals surface area contributed by atoms with E-state index in [1.807, 2.05) is 0 Å². The van der Waals surface area contributed by atoms with Gasteiger partial charge in [0, 0.05) is 18.8 Å². The lowest BCUT2D eigenvalue weighted by Crippen LogP contribution is -2.68. The Hall–Kier alpha value is -2.07. The second-order valence-corrected chi connectivity index (χ2v) is 5.80. The van der Waals surface area contributed by atoms with Gasteiger partial charge in [0.15, 0.2) is 23.4 Å². The van der Waals surface area contributed by atoms with Crippen molar-refractivity contribution in [1.82, 2.24) is 4.90 Å². The SMILES string of the molecule is CC(=O)[C@@]1(O)[C@@H](CO)O[C@@H](N2C=CCC(C(=O)O)=C2)[C@@]1(O)C(C)=O. The number of aliphatic hydroxyl groups is 3. The first-order valence-electron chi connectivity index (χ1n) is 7.21. The Morgan fingerprint density at radius 2 is 1.83 bits per heavy atom. The normalized spacial score (nSPS) is 35.7. The second-order valence-electron chi connectivity index (χ2n) is 5.80. The van der Waals surface area contributed by atoms with Gasteiger partial charge in [0.25, 0.3) is 0 Å². The molecule has 0 aromatic rings. The maximum atomic E-state index is 12.1. The zero-order chi connectivity index (χ0) is 18.3. The number of allylic oxidation sites excluding steroid dienone is 1. The molecule has 0 aliphatic carbocycles. The molecule has 2 heterocycles. The van der Waals surface area contributed by atoms with E-state index in [4.69, 9.17) is 9.84 Å². The molecule has 24 heavy (non-hydrogen) atoms. The van der Waals surface area contributed by atoms with Crippen LogP contribution in [0.5, 0.6) is 0 Å². The minimum absolute atomic E-state index is 0.0363. The Labute approximate surface area is 137 Å². The van der Waals surface area contributed by atoms with E-state index in [2.05, 4.69) is 0 Å². The van der Waals surface area contributed by atoms with Gasteiger partial charge in [-0.1, -0.05) is 6.08 Å². The Morgan fingerprint density at radius 3 is 2.29 bits per heavy atom. The zero-order valence-electron chi connectivity index (χ0n) is 13.2. The highest BCUT2D eigenvalue weighted by atomic mass is 16.6. The van der Waals surface area contributed by atoms with Crippen molar-refractivity contribution in [3.8, 4) is 0 Å². The summed E-state index contributed by atoms with van der Waals surface area (Å²) in [5.74, 6) is -3.11. The third-order valence-corrected chi connectivity index (χ3v) is 4.40. The lowest BCUT2D eigenvalue weighted by Gasteiger charge is -2.39. The number of ketones is 2. The predicted molar refractivity (Wildman–Crippen MR) is 78.3 cm³/mol. The highest BCUT2D eigenvalue weighted by Crippen LogP contribution is 2.43. The third kappa shape index (κ3) is 2.37. The van der Waals surface area contributed by atoms with Gasteiger partial charge >= 0.3 is 5.97 Å². The van der Waals surface area contributed by atoms with Crippen LogP contribution in [0, 0.1) is 0 Å². The number of hydrogen-bond acceptors (Lipinski definition) is 8. The average molecular weight is 341 g/mol. The molecule has 0 saturated carbocycles. The van der Waals surface area contributed by atoms with E-state index in [1.165, 1.54) is 12.3 Å². The van der Waals surface area contributed by atoms with Crippen molar-refractivity contribution in [2.45, 2.75) is 43.8 Å². The highest BCUT2D eigenvalue weighted by molar-refractivity contribution is 5.99. The van der Waals surface area contributed by atoms with Crippen molar-refractivity contribution in [3.05, 3.63) is 24.0 Å². The van der Waals surface area contributed by atoms with Crippen molar-refractivity contribution < 1.29 is 39.5 Å². The Kier molecular flexibility index (Phi) is 4.64. The number of carboxylic acids is 1. The van der Waals surface area contributed by atoms with Crippen molar-refractivity contribution >= 4 is 17.5 Å². The van der Waals surface area contributed by atoms with Crippen molar-refractivity contribution in [3.63, 3.8) is 0 Å². The number of ether oxygens (including phenoxy) is 1. The van der Waals surface area contributed by atoms with Gasteiger partial charge in [0.1, 0.15) is 6.10 Å². The number of aliphatic hydroxyl groups excluding tert-OH is 1. The van der Waals surface area contributed by atoms with Crippen LogP contribution in [0.3, 0.4) is 0 Å². The molecule has 2 aliphatic rings. The number of rotatable bonds is 5. The van der Waals surface area contributed by atoms with Crippen molar-refractivity contribution in [2.75, 3.05) is 6.61 Å². The van der Waals surface area contributed by atoms with E-state index in [0.29, 0.717) is 0 Å². The topological polar surface area (TPSA) is 145 Å². The first-order valence-corrected chi connectivity index (χ1v) is 7.21. The Morgan fingerprint density at radius 1 is 1.25 bits per heavy atom. The summed E-state index contributed by atoms with van der Waals surface area (Å²) in [5, 5.41) is 40.1. The third-order valence-electron chi connectivity index (χ3n) is 4.40. The predicted octanol–water partition coefficient (Wildman–Crippen LogP) is -1.47. The molecule has 0 aromatic heterocycles. The first-order chi connectivity index (χ1) is 11.1. The maximum Gasteiger partial charge on any atom is 0.333 e. The van der Waals surface area contributed by atoms with Crippen LogP contribution in [0.25, 0.3) is 0 Å². The monoisotopic (exact) mass is 341 g/mol. The molecular formula is C15H19NO8. The molecule has 2 rings (SSSR count). The van der Waals surface area contributed by atoms with Crippen LogP contribution in [0.4, 0.5) is 0 Å². The van der Waals surface area contributed by atoms with Crippen LogP contribution in [-0.4, -0.2) is 73.0 Å². The van der Waals surface area contributed by atoms with Crippen LogP contribution < -0.4 is 0 Å². The maximum absolute atomic E-state index is 12.1. The molecule has 9 nitrogen and oxygen atoms in total. The van der Waals surface area contributed by atoms with Gasteiger partial charge in [-0.2, -0.15) is 0 Å². The Balaban J connectivity index is 2.56. The summed E-state index contributed by atoms with van der Waals surface area (Å²) < 4.78 is 5.38. The van der Waals surface area contributed by atoms with Gasteiger partial charge < -0.3 is 30.1 Å². The smallest absolute Gasteiger partial charge is 0.333 e. The summed E-state index contributed by atoms with van der Waals surface area (Å²) in [7, 11) is 0. The van der Waals surface area contributed by atoms with Gasteiger partial charge in [-0.05, 0) is 13.8 Å². The zero-order valence-corrected chi connectivity index (χ0v) is 13.2. The molecule has 0 radical (unpaired) electrons. The summed E-state index contributed by atoms with van der Waals surface area (Å²) in [5.41, 5.74) is -5.39. The summed E-state index contributed by atoms with van der Waals surface area (Å²) in [4.78, 5) is 36.3. The van der Waals surface area contributed by atoms with E-state index in [0.717, 1.165) is 24.9 Å². The quantitative estimate of drug-likeness (QED) is 0.471. The molecule has 0 amide bonds. The first kappa shape index (κ1) is 18.3. The van der Waals surface area contributed by atoms with Crippen LogP contribution in [0.2, 0.25) is 0 Å². The molecule has 132 valence electrons. The van der Waals surface area contributed by atoms with Crippen LogP contribution in [0.1, 0.15) is 20.3 Å². The van der Waals surface area contributed by atoms with Gasteiger partial charge in [-0.15, -0.1) is 0 Å². The minimum Gasteiger partial charge on any atom is -0.478 e. The van der Waals surface area contributed by atoms with Gasteiger partial charge in [0.2, 0.25) is 5.60 Å². The number of hydrogen-bond donors (Lipinski definition) is 4. The number of carboxylic acid groups (broad SMARTS) is 1. The molecule has 1 fully saturated rings. The molecule has 0 spiro atoms. The average Bonchev–Trinajstić information content (AvgIpc) is 2.78. The highest BCUT2D eigenvalue weighted by Gasteiger charge is 2.72. The fourth-order valence-electron chi connectivity index (χ4n) is 3.05. The van der Waals surface area contributed by atoms with Crippen LogP contribution in [0.15, 0.2) is 24.0 Å². The fraction of sp³-hybridized carbons (Fsp3) is 0.533. The van der Waals surface area contributed by atoms with Crippen LogP contribution >= 0.6 is 0 Å². The fourth-order valence-corrected chi connectivity index (χ4v) is 3.05. The van der Waals surface area contributed by atoms with Gasteiger partial charge in [0.05, 0.1) is 12.2 Å². The van der Waals surface area contributed by atoms with Gasteiger partial charge in [-0.3, -0.25) is 9.59 Å². The van der Waals surface area contributed by atoms with E-state index >= 15 is 0 Å². The number of nitrogens with zero attached hydrogens (tertiary/aromatic N) is 1. The molecule has 9 heteroatoms. The van der Waals surface area contributed by atoms with Gasteiger partial charge in [-0.25, -0.2) is 4.79 Å². The van der Waals surface area contributed by atoms with Crippen LogP contribution in [-0.2, 0) is 19.1 Å². The largest absolute Gasteiger partial charge is 0.478 e. The Bertz CT molecular complexity index is 641. The molecule has 0 bridgehead atoms. The van der Waals surface area contributed by atoms with E-state index in [9.17, 15) is 29.7 Å². The number of Topliss-reactive ketones (excluding diaryl/α,β-unsaturated/α-hetero) is 2. The lowest BCUT2D eigenvalue weighted by molar-refractivity contribution is -0.182. The number of aliphatic carboxylic acids is 1. The standard InChI is InChI=1S/C15H19NO8/c1-8(18)14(22)11(7-17)24-13(15(14,23)9(2)19)16-5-3-4-10(6-16)12(20)21/h3,5-6,11,13,17,22-23H,4,7H2,1-2H3,(H,20,21)/t11-,13-,14-,15+/m1/s1. The van der Waals surface area contributed by atoms with E-state index < -0.39 is 47.7 Å². The van der Waals surface area contributed by atoms with E-state index in [1.54, 1.807) is 0 Å². The molecular weight excluding hydrogens is 322 g/mol. The molecule has 0 unspecified atom stereocenters. The number of carbonyl (C=O) groups excluding carboxylic acids is 2. The number of carbonyl (C=O) groups is 3. The van der Waals surface area contributed by atoms with E-state index in [-0.39, 0.29) is 12.0 Å². The summed E-state index contributed by atoms with van der Waals surface area (Å²) in [6.07, 6.45) is 0.967. The summed E-state index contributed by atoms with van der Waals surface area (Å²) >= 11 is 0. The molecule has 4 atom stereocenters. The minimum atomic E-state index is -2.69. The molecule has 4 N–H and O–H groups in total. The van der Waals surface area contributed by atoms with Crippen molar-refractivity contribution in [1.29, 1.82) is 0 Å².